The molecule has 1 amide bonds. The number of nitrogens with one attached hydrogen (secondary N) is 1. The van der Waals surface area contributed by atoms with Gasteiger partial charge in [-0.05, 0) is 82.2 Å². The summed E-state index contributed by atoms with van der Waals surface area (Å²) < 4.78 is 13.9. The Bertz CT molecular complexity index is 1450. The van der Waals surface area contributed by atoms with Crippen molar-refractivity contribution >= 4 is 28.4 Å². The van der Waals surface area contributed by atoms with Gasteiger partial charge in [-0.3, -0.25) is 10.3 Å². The van der Waals surface area contributed by atoms with Crippen molar-refractivity contribution in [2.45, 2.75) is 58.1 Å². The van der Waals surface area contributed by atoms with Gasteiger partial charge in [-0.1, -0.05) is 12.1 Å². The zero-order valence-electron chi connectivity index (χ0n) is 21.1. The number of hydrogen-bond acceptors (Lipinski definition) is 6. The number of benzene rings is 2. The maximum Gasteiger partial charge on any atom is 0.411 e. The molecule has 2 aromatic carbocycles. The Morgan fingerprint density at radius 1 is 1.08 bits per heavy atom. The Morgan fingerprint density at radius 3 is 2.51 bits per heavy atom. The zero-order chi connectivity index (χ0) is 25.5. The van der Waals surface area contributed by atoms with Crippen molar-refractivity contribution in [3.8, 4) is 22.9 Å². The standard InChI is InChI=1S/C29H31N5O3/c1-17-28(32-15-14-31-17)37-23-12-13-25-24(16-23)26(30)27(34(25)22-4-3-5-22)20-8-10-21(11-9-20)33-29(35)36-18(2)19-6-7-19/h8-16,18-19,22H,3-7,30H2,1-2H3,(H,33,35)/t18-/m1/s1. The van der Waals surface area contributed by atoms with E-state index in [1.807, 2.05) is 50.2 Å². The molecule has 6 rings (SSSR count). The van der Waals surface area contributed by atoms with Crippen molar-refractivity contribution in [3.05, 3.63) is 60.6 Å². The first-order valence-electron chi connectivity index (χ1n) is 12.9. The fraction of sp³-hybridized carbons (Fsp3) is 0.345. The van der Waals surface area contributed by atoms with Crippen LogP contribution in [0.25, 0.3) is 22.2 Å². The topological polar surface area (TPSA) is 104 Å². The van der Waals surface area contributed by atoms with Crippen LogP contribution < -0.4 is 15.8 Å². The van der Waals surface area contributed by atoms with Gasteiger partial charge in [-0.2, -0.15) is 0 Å². The molecule has 2 aromatic heterocycles. The zero-order valence-corrected chi connectivity index (χ0v) is 21.1. The quantitative estimate of drug-likeness (QED) is 0.289. The number of fused-ring (bicyclic) bond motifs is 1. The van der Waals surface area contributed by atoms with E-state index in [1.54, 1.807) is 12.4 Å². The highest BCUT2D eigenvalue weighted by atomic mass is 16.6. The van der Waals surface area contributed by atoms with Gasteiger partial charge >= 0.3 is 6.09 Å². The van der Waals surface area contributed by atoms with Gasteiger partial charge in [0.2, 0.25) is 5.88 Å². The monoisotopic (exact) mass is 497 g/mol. The molecule has 2 aliphatic rings. The summed E-state index contributed by atoms with van der Waals surface area (Å²) in [5.74, 6) is 1.64. The molecule has 0 bridgehead atoms. The summed E-state index contributed by atoms with van der Waals surface area (Å²) in [6.07, 6.45) is 8.52. The van der Waals surface area contributed by atoms with Crippen LogP contribution in [0, 0.1) is 12.8 Å². The van der Waals surface area contributed by atoms with Crippen LogP contribution in [0.15, 0.2) is 54.9 Å². The van der Waals surface area contributed by atoms with Gasteiger partial charge in [-0.15, -0.1) is 0 Å². The maximum atomic E-state index is 12.3. The normalized spacial score (nSPS) is 16.3. The molecule has 0 radical (unpaired) electrons. The van der Waals surface area contributed by atoms with Crippen LogP contribution in [0.5, 0.6) is 11.6 Å². The summed E-state index contributed by atoms with van der Waals surface area (Å²) in [6.45, 7) is 3.82. The van der Waals surface area contributed by atoms with Gasteiger partial charge in [0.1, 0.15) is 11.9 Å². The molecule has 1 atom stereocenters. The number of amides is 1. The second kappa shape index (κ2) is 9.42. The number of hydrogen-bond donors (Lipinski definition) is 2. The maximum absolute atomic E-state index is 12.3. The van der Waals surface area contributed by atoms with Crippen LogP contribution in [0.1, 0.15) is 50.8 Å². The van der Waals surface area contributed by atoms with Gasteiger partial charge in [0, 0.05) is 35.1 Å². The van der Waals surface area contributed by atoms with E-state index in [1.165, 1.54) is 6.42 Å². The third-order valence-electron chi connectivity index (χ3n) is 7.49. The van der Waals surface area contributed by atoms with Crippen LogP contribution in [0.2, 0.25) is 0 Å². The van der Waals surface area contributed by atoms with Crippen LogP contribution >= 0.6 is 0 Å². The highest BCUT2D eigenvalue weighted by Gasteiger charge is 2.31. The fourth-order valence-corrected chi connectivity index (χ4v) is 5.00. The van der Waals surface area contributed by atoms with Crippen molar-refractivity contribution in [2.75, 3.05) is 11.1 Å². The Morgan fingerprint density at radius 2 is 1.84 bits per heavy atom. The summed E-state index contributed by atoms with van der Waals surface area (Å²) in [5.41, 5.74) is 12.0. The van der Waals surface area contributed by atoms with Gasteiger partial charge in [0.05, 0.1) is 22.6 Å². The first kappa shape index (κ1) is 23.3. The van der Waals surface area contributed by atoms with E-state index in [0.717, 1.165) is 53.5 Å². The van der Waals surface area contributed by atoms with Gasteiger partial charge in [0.25, 0.3) is 0 Å². The summed E-state index contributed by atoms with van der Waals surface area (Å²) in [4.78, 5) is 20.8. The van der Waals surface area contributed by atoms with Gasteiger partial charge in [-0.25, -0.2) is 9.78 Å². The van der Waals surface area contributed by atoms with Gasteiger partial charge < -0.3 is 19.8 Å². The first-order valence-corrected chi connectivity index (χ1v) is 12.9. The molecule has 0 aliphatic heterocycles. The third-order valence-corrected chi connectivity index (χ3v) is 7.49. The molecule has 2 saturated carbocycles. The van der Waals surface area contributed by atoms with Crippen LogP contribution in [0.4, 0.5) is 16.2 Å². The number of nitrogens with two attached hydrogens (primary N) is 1. The predicted molar refractivity (Wildman–Crippen MR) is 144 cm³/mol. The molecule has 2 fully saturated rings. The van der Waals surface area contributed by atoms with Crippen molar-refractivity contribution in [1.82, 2.24) is 14.5 Å². The van der Waals surface area contributed by atoms with Crippen molar-refractivity contribution in [1.29, 1.82) is 0 Å². The number of nitrogens with zero attached hydrogens (tertiary/aromatic N) is 3. The number of nitrogen functional groups attached to an aromatic ring is 1. The lowest BCUT2D eigenvalue weighted by atomic mass is 9.92. The van der Waals surface area contributed by atoms with E-state index >= 15 is 0 Å². The van der Waals surface area contributed by atoms with Crippen LogP contribution in [-0.4, -0.2) is 26.7 Å². The minimum Gasteiger partial charge on any atom is -0.446 e. The first-order chi connectivity index (χ1) is 18.0. The average molecular weight is 498 g/mol. The second-order valence-corrected chi connectivity index (χ2v) is 10.1. The summed E-state index contributed by atoms with van der Waals surface area (Å²) in [5, 5.41) is 3.79. The Balaban J connectivity index is 1.30. The summed E-state index contributed by atoms with van der Waals surface area (Å²) in [6, 6.07) is 14.2. The van der Waals surface area contributed by atoms with E-state index in [-0.39, 0.29) is 6.10 Å². The molecular weight excluding hydrogens is 466 g/mol. The molecule has 4 aromatic rings. The van der Waals surface area contributed by atoms with Crippen molar-refractivity contribution in [3.63, 3.8) is 0 Å². The molecule has 2 heterocycles. The van der Waals surface area contributed by atoms with E-state index in [0.29, 0.717) is 35.0 Å². The second-order valence-electron chi connectivity index (χ2n) is 10.1. The summed E-state index contributed by atoms with van der Waals surface area (Å²) in [7, 11) is 0. The molecule has 190 valence electrons. The lowest BCUT2D eigenvalue weighted by Crippen LogP contribution is -2.21. The Labute approximate surface area is 215 Å². The lowest BCUT2D eigenvalue weighted by Gasteiger charge is -2.30. The molecule has 2 aliphatic carbocycles. The average Bonchev–Trinajstić information content (AvgIpc) is 3.67. The molecule has 8 nitrogen and oxygen atoms in total. The lowest BCUT2D eigenvalue weighted by molar-refractivity contribution is 0.108. The minimum absolute atomic E-state index is 0.0519. The van der Waals surface area contributed by atoms with E-state index in [4.69, 9.17) is 15.2 Å². The third kappa shape index (κ3) is 4.59. The fourth-order valence-electron chi connectivity index (χ4n) is 5.00. The molecule has 37 heavy (non-hydrogen) atoms. The molecule has 8 heteroatoms. The highest BCUT2D eigenvalue weighted by molar-refractivity contribution is 6.02. The molecule has 0 saturated heterocycles. The smallest absolute Gasteiger partial charge is 0.411 e. The number of carbonyl (C=O) groups is 1. The van der Waals surface area contributed by atoms with Crippen molar-refractivity contribution in [2.24, 2.45) is 5.92 Å². The van der Waals surface area contributed by atoms with E-state index in [9.17, 15) is 4.79 Å². The number of ether oxygens (including phenoxy) is 2. The van der Waals surface area contributed by atoms with E-state index in [2.05, 4.69) is 25.9 Å². The minimum atomic E-state index is -0.416. The molecule has 3 N–H and O–H groups in total. The Hall–Kier alpha value is -4.07. The number of aromatic nitrogens is 3. The largest absolute Gasteiger partial charge is 0.446 e. The van der Waals surface area contributed by atoms with Crippen molar-refractivity contribution < 1.29 is 14.3 Å². The SMILES string of the molecule is Cc1nccnc1Oc1ccc2c(c1)c(N)c(-c1ccc(NC(=O)O[C@H](C)C3CC3)cc1)n2C1CCC1. The molecular formula is C29H31N5O3. The molecule has 0 unspecified atom stereocenters. The predicted octanol–water partition coefficient (Wildman–Crippen LogP) is 6.85. The summed E-state index contributed by atoms with van der Waals surface area (Å²) >= 11 is 0. The number of rotatable bonds is 7. The van der Waals surface area contributed by atoms with Crippen LogP contribution in [0.3, 0.4) is 0 Å². The highest BCUT2D eigenvalue weighted by Crippen LogP contribution is 2.45. The number of aryl methyl sites for hydroxylation is 1. The number of carbonyl (C=O) groups excluding carboxylic acids is 1. The molecule has 0 spiro atoms. The van der Waals surface area contributed by atoms with Crippen LogP contribution in [-0.2, 0) is 4.74 Å². The number of anilines is 2. The Kier molecular flexibility index (Phi) is 5.94. The van der Waals surface area contributed by atoms with E-state index < -0.39 is 6.09 Å². The van der Waals surface area contributed by atoms with Gasteiger partial charge in [0.15, 0.2) is 0 Å².